The molecule has 0 fully saturated rings. The number of aromatic nitrogens is 4. The second-order valence-corrected chi connectivity index (χ2v) is 4.32. The number of hydrogen-bond donors (Lipinski definition) is 2. The molecular weight excluding hydrogens is 285 g/mol. The highest BCUT2D eigenvalue weighted by atomic mass is 19.4. The molecule has 0 atom stereocenters. The Morgan fingerprint density at radius 1 is 1.24 bits per heavy atom. The standard InChI is InChI=1S/C12H15F3N6/c1-16-10-7-9(12(13,14)15)8-11(19-10)17-3-2-5-21-6-4-18-20-21/h4,6-8H,2-3,5H2,1H3,(H2,16,17,19). The Labute approximate surface area is 119 Å². The van der Waals surface area contributed by atoms with E-state index in [-0.39, 0.29) is 11.6 Å². The van der Waals surface area contributed by atoms with Gasteiger partial charge in [0.2, 0.25) is 0 Å². The zero-order valence-corrected chi connectivity index (χ0v) is 11.4. The van der Waals surface area contributed by atoms with Crippen LogP contribution < -0.4 is 10.6 Å². The summed E-state index contributed by atoms with van der Waals surface area (Å²) < 4.78 is 39.9. The first-order valence-corrected chi connectivity index (χ1v) is 6.34. The summed E-state index contributed by atoms with van der Waals surface area (Å²) in [6.45, 7) is 1.11. The molecule has 114 valence electrons. The van der Waals surface area contributed by atoms with Crippen LogP contribution in [0.4, 0.5) is 24.8 Å². The van der Waals surface area contributed by atoms with E-state index >= 15 is 0 Å². The number of hydrogen-bond acceptors (Lipinski definition) is 5. The zero-order valence-electron chi connectivity index (χ0n) is 11.4. The Morgan fingerprint density at radius 2 is 2.00 bits per heavy atom. The molecule has 0 amide bonds. The van der Waals surface area contributed by atoms with Crippen LogP contribution >= 0.6 is 0 Å². The van der Waals surface area contributed by atoms with Crippen molar-refractivity contribution in [1.29, 1.82) is 0 Å². The van der Waals surface area contributed by atoms with Gasteiger partial charge in [0.1, 0.15) is 11.6 Å². The van der Waals surface area contributed by atoms with Gasteiger partial charge in [-0.25, -0.2) is 4.98 Å². The third kappa shape index (κ3) is 4.33. The van der Waals surface area contributed by atoms with Gasteiger partial charge >= 0.3 is 6.18 Å². The summed E-state index contributed by atoms with van der Waals surface area (Å²) in [6, 6.07) is 1.97. The summed E-state index contributed by atoms with van der Waals surface area (Å²) in [4.78, 5) is 4.04. The van der Waals surface area contributed by atoms with Gasteiger partial charge in [0.15, 0.2) is 0 Å². The van der Waals surface area contributed by atoms with E-state index in [2.05, 4.69) is 25.9 Å². The van der Waals surface area contributed by atoms with Crippen LogP contribution in [-0.2, 0) is 12.7 Å². The summed E-state index contributed by atoms with van der Waals surface area (Å²) in [5.74, 6) is 0.358. The molecule has 6 nitrogen and oxygen atoms in total. The molecule has 9 heteroatoms. The molecule has 0 aliphatic carbocycles. The second kappa shape index (κ2) is 6.42. The number of alkyl halides is 3. The average molecular weight is 300 g/mol. The molecule has 0 aliphatic rings. The summed E-state index contributed by atoms with van der Waals surface area (Å²) >= 11 is 0. The zero-order chi connectivity index (χ0) is 15.3. The SMILES string of the molecule is CNc1cc(C(F)(F)F)cc(NCCCn2ccnn2)n1. The molecular formula is C12H15F3N6. The van der Waals surface area contributed by atoms with Crippen LogP contribution in [0.5, 0.6) is 0 Å². The van der Waals surface area contributed by atoms with Crippen molar-refractivity contribution < 1.29 is 13.2 Å². The van der Waals surface area contributed by atoms with E-state index in [1.54, 1.807) is 17.1 Å². The number of anilines is 2. The Bertz CT molecular complexity index is 567. The quantitative estimate of drug-likeness (QED) is 0.801. The van der Waals surface area contributed by atoms with Crippen LogP contribution in [0.2, 0.25) is 0 Å². The van der Waals surface area contributed by atoms with E-state index in [9.17, 15) is 13.2 Å². The van der Waals surface area contributed by atoms with Crippen molar-refractivity contribution in [3.8, 4) is 0 Å². The van der Waals surface area contributed by atoms with Crippen LogP contribution in [0.1, 0.15) is 12.0 Å². The van der Waals surface area contributed by atoms with Crippen LogP contribution in [0.3, 0.4) is 0 Å². The van der Waals surface area contributed by atoms with Crippen molar-refractivity contribution in [2.75, 3.05) is 24.2 Å². The van der Waals surface area contributed by atoms with E-state index < -0.39 is 11.7 Å². The van der Waals surface area contributed by atoms with E-state index in [4.69, 9.17) is 0 Å². The fourth-order valence-electron chi connectivity index (χ4n) is 1.72. The topological polar surface area (TPSA) is 67.7 Å². The number of rotatable bonds is 6. The van der Waals surface area contributed by atoms with E-state index in [1.807, 2.05) is 0 Å². The molecule has 0 aromatic carbocycles. The number of halogens is 3. The highest BCUT2D eigenvalue weighted by molar-refractivity contribution is 5.49. The Morgan fingerprint density at radius 3 is 2.62 bits per heavy atom. The maximum Gasteiger partial charge on any atom is 0.416 e. The number of aryl methyl sites for hydroxylation is 1. The van der Waals surface area contributed by atoms with Crippen molar-refractivity contribution >= 4 is 11.6 Å². The van der Waals surface area contributed by atoms with Crippen molar-refractivity contribution in [3.63, 3.8) is 0 Å². The van der Waals surface area contributed by atoms with E-state index in [0.717, 1.165) is 12.1 Å². The summed E-state index contributed by atoms with van der Waals surface area (Å²) in [5.41, 5.74) is -0.736. The molecule has 0 unspecified atom stereocenters. The van der Waals surface area contributed by atoms with Gasteiger partial charge in [-0.1, -0.05) is 5.21 Å². The molecule has 0 saturated carbocycles. The van der Waals surface area contributed by atoms with Crippen molar-refractivity contribution in [1.82, 2.24) is 20.0 Å². The second-order valence-electron chi connectivity index (χ2n) is 4.32. The van der Waals surface area contributed by atoms with Crippen LogP contribution in [0, 0.1) is 0 Å². The summed E-state index contributed by atoms with van der Waals surface area (Å²) in [6.07, 6.45) is -0.412. The first kappa shape index (κ1) is 15.1. The number of nitrogens with one attached hydrogen (secondary N) is 2. The Balaban J connectivity index is 1.95. The fraction of sp³-hybridized carbons (Fsp3) is 0.417. The number of nitrogens with zero attached hydrogens (tertiary/aromatic N) is 4. The van der Waals surface area contributed by atoms with E-state index in [1.165, 1.54) is 7.05 Å². The lowest BCUT2D eigenvalue weighted by atomic mass is 10.2. The van der Waals surface area contributed by atoms with Gasteiger partial charge in [-0.2, -0.15) is 13.2 Å². The minimum atomic E-state index is -4.40. The van der Waals surface area contributed by atoms with Crippen molar-refractivity contribution in [3.05, 3.63) is 30.1 Å². The molecule has 0 bridgehead atoms. The fourth-order valence-corrected chi connectivity index (χ4v) is 1.72. The molecule has 2 rings (SSSR count). The first-order valence-electron chi connectivity index (χ1n) is 6.34. The highest BCUT2D eigenvalue weighted by Gasteiger charge is 2.31. The molecule has 2 heterocycles. The molecule has 2 N–H and O–H groups in total. The van der Waals surface area contributed by atoms with Crippen LogP contribution in [-0.4, -0.2) is 33.6 Å². The third-order valence-corrected chi connectivity index (χ3v) is 2.75. The van der Waals surface area contributed by atoms with E-state index in [0.29, 0.717) is 19.5 Å². The first-order chi connectivity index (χ1) is 9.99. The van der Waals surface area contributed by atoms with Gasteiger partial charge in [-0.3, -0.25) is 4.68 Å². The minimum absolute atomic E-state index is 0.170. The van der Waals surface area contributed by atoms with Gasteiger partial charge in [-0.05, 0) is 18.6 Å². The number of pyridine rings is 1. The van der Waals surface area contributed by atoms with Gasteiger partial charge in [0, 0.05) is 26.3 Å². The molecule has 2 aromatic heterocycles. The molecule has 2 aromatic rings. The van der Waals surface area contributed by atoms with Gasteiger partial charge in [0.05, 0.1) is 11.8 Å². The monoisotopic (exact) mass is 300 g/mol. The molecule has 0 saturated heterocycles. The van der Waals surface area contributed by atoms with Crippen LogP contribution in [0.25, 0.3) is 0 Å². The molecule has 0 radical (unpaired) electrons. The predicted octanol–water partition coefficient (Wildman–Crippen LogP) is 2.24. The van der Waals surface area contributed by atoms with Gasteiger partial charge in [0.25, 0.3) is 0 Å². The predicted molar refractivity (Wildman–Crippen MR) is 71.9 cm³/mol. The maximum absolute atomic E-state index is 12.8. The Hall–Kier alpha value is -2.32. The Kier molecular flexibility index (Phi) is 4.61. The highest BCUT2D eigenvalue weighted by Crippen LogP contribution is 2.31. The largest absolute Gasteiger partial charge is 0.416 e. The lowest BCUT2D eigenvalue weighted by Gasteiger charge is -2.12. The lowest BCUT2D eigenvalue weighted by Crippen LogP contribution is -2.12. The normalized spacial score (nSPS) is 11.4. The molecule has 0 aliphatic heterocycles. The average Bonchev–Trinajstić information content (AvgIpc) is 2.95. The summed E-state index contributed by atoms with van der Waals surface area (Å²) in [5, 5.41) is 13.0. The smallest absolute Gasteiger partial charge is 0.373 e. The molecule has 0 spiro atoms. The van der Waals surface area contributed by atoms with Gasteiger partial charge < -0.3 is 10.6 Å². The third-order valence-electron chi connectivity index (χ3n) is 2.75. The van der Waals surface area contributed by atoms with Crippen molar-refractivity contribution in [2.45, 2.75) is 19.1 Å². The van der Waals surface area contributed by atoms with Gasteiger partial charge in [-0.15, -0.1) is 5.10 Å². The molecule has 21 heavy (non-hydrogen) atoms. The van der Waals surface area contributed by atoms with Crippen molar-refractivity contribution in [2.24, 2.45) is 0 Å². The minimum Gasteiger partial charge on any atom is -0.373 e. The van der Waals surface area contributed by atoms with Crippen LogP contribution in [0.15, 0.2) is 24.5 Å². The maximum atomic E-state index is 12.8. The summed E-state index contributed by atoms with van der Waals surface area (Å²) in [7, 11) is 1.52. The lowest BCUT2D eigenvalue weighted by molar-refractivity contribution is -0.137.